The summed E-state index contributed by atoms with van der Waals surface area (Å²) in [5, 5.41) is 3.84. The highest BCUT2D eigenvalue weighted by molar-refractivity contribution is 6.31. The normalized spacial score (nSPS) is 18.1. The predicted octanol–water partition coefficient (Wildman–Crippen LogP) is 2.41. The van der Waals surface area contributed by atoms with Gasteiger partial charge in [0.25, 0.3) is 0 Å². The molecule has 0 aliphatic carbocycles. The number of nitrogens with one attached hydrogen (secondary N) is 1. The Morgan fingerprint density at radius 1 is 1.41 bits per heavy atom. The molecule has 1 aromatic rings. The summed E-state index contributed by atoms with van der Waals surface area (Å²) in [6, 6.07) is 7.95. The Balaban J connectivity index is 1.70. The third-order valence-electron chi connectivity index (χ3n) is 4.15. The maximum absolute atomic E-state index is 11.6. The summed E-state index contributed by atoms with van der Waals surface area (Å²) in [7, 11) is 0. The lowest BCUT2D eigenvalue weighted by molar-refractivity contribution is -0.121. The SMILES string of the molecule is CC(N)CC(=O)NCC1CCN(Cc2ccccc2Cl)CC1. The fourth-order valence-corrected chi connectivity index (χ4v) is 3.03. The number of likely N-dealkylation sites (tertiary alicyclic amines) is 1. The molecule has 4 nitrogen and oxygen atoms in total. The number of hydrogen-bond donors (Lipinski definition) is 2. The Morgan fingerprint density at radius 3 is 2.73 bits per heavy atom. The van der Waals surface area contributed by atoms with Gasteiger partial charge in [0.05, 0.1) is 0 Å². The van der Waals surface area contributed by atoms with E-state index in [1.54, 1.807) is 0 Å². The fraction of sp³-hybridized carbons (Fsp3) is 0.588. The van der Waals surface area contributed by atoms with Gasteiger partial charge in [-0.05, 0) is 50.4 Å². The molecule has 3 N–H and O–H groups in total. The zero-order chi connectivity index (χ0) is 15.9. The van der Waals surface area contributed by atoms with Gasteiger partial charge < -0.3 is 11.1 Å². The number of benzene rings is 1. The largest absolute Gasteiger partial charge is 0.356 e. The molecule has 1 aromatic carbocycles. The lowest BCUT2D eigenvalue weighted by atomic mass is 9.96. The van der Waals surface area contributed by atoms with Crippen LogP contribution in [0.4, 0.5) is 0 Å². The van der Waals surface area contributed by atoms with E-state index in [-0.39, 0.29) is 11.9 Å². The molecule has 1 unspecified atom stereocenters. The number of halogens is 1. The summed E-state index contributed by atoms with van der Waals surface area (Å²) in [4.78, 5) is 14.1. The highest BCUT2D eigenvalue weighted by atomic mass is 35.5. The smallest absolute Gasteiger partial charge is 0.221 e. The minimum absolute atomic E-state index is 0.0634. The Labute approximate surface area is 138 Å². The van der Waals surface area contributed by atoms with Gasteiger partial charge in [0.15, 0.2) is 0 Å². The number of nitrogens with two attached hydrogens (primary N) is 1. The van der Waals surface area contributed by atoms with Gasteiger partial charge in [0, 0.05) is 30.6 Å². The van der Waals surface area contributed by atoms with E-state index in [4.69, 9.17) is 17.3 Å². The highest BCUT2D eigenvalue weighted by Crippen LogP contribution is 2.21. The molecule has 0 spiro atoms. The molecule has 0 saturated carbocycles. The first-order valence-electron chi connectivity index (χ1n) is 8.02. The Hall–Kier alpha value is -1.10. The first-order chi connectivity index (χ1) is 10.5. The van der Waals surface area contributed by atoms with Crippen molar-refractivity contribution >= 4 is 17.5 Å². The molecule has 122 valence electrons. The van der Waals surface area contributed by atoms with Crippen LogP contribution in [0, 0.1) is 5.92 Å². The average Bonchev–Trinajstić information content (AvgIpc) is 2.48. The molecule has 0 bridgehead atoms. The maximum Gasteiger partial charge on any atom is 0.221 e. The molecule has 0 aromatic heterocycles. The van der Waals surface area contributed by atoms with Gasteiger partial charge in [-0.2, -0.15) is 0 Å². The first-order valence-corrected chi connectivity index (χ1v) is 8.40. The second kappa shape index (κ2) is 8.51. The summed E-state index contributed by atoms with van der Waals surface area (Å²) < 4.78 is 0. The predicted molar refractivity (Wildman–Crippen MR) is 90.7 cm³/mol. The van der Waals surface area contributed by atoms with Crippen LogP contribution >= 0.6 is 11.6 Å². The van der Waals surface area contributed by atoms with Gasteiger partial charge in [-0.25, -0.2) is 0 Å². The summed E-state index contributed by atoms with van der Waals surface area (Å²) in [5.74, 6) is 0.632. The van der Waals surface area contributed by atoms with Crippen LogP contribution in [0.3, 0.4) is 0 Å². The van der Waals surface area contributed by atoms with Crippen molar-refractivity contribution in [1.29, 1.82) is 0 Å². The van der Waals surface area contributed by atoms with E-state index in [0.717, 1.165) is 44.0 Å². The van der Waals surface area contributed by atoms with Crippen LogP contribution in [0.25, 0.3) is 0 Å². The molecule has 1 aliphatic rings. The summed E-state index contributed by atoms with van der Waals surface area (Å²) in [5.41, 5.74) is 6.82. The van der Waals surface area contributed by atoms with Gasteiger partial charge in [0.1, 0.15) is 0 Å². The summed E-state index contributed by atoms with van der Waals surface area (Å²) in [6.07, 6.45) is 2.64. The molecule has 0 radical (unpaired) electrons. The van der Waals surface area contributed by atoms with Gasteiger partial charge >= 0.3 is 0 Å². The lowest BCUT2D eigenvalue weighted by Crippen LogP contribution is -2.39. The number of piperidine rings is 1. The van der Waals surface area contributed by atoms with Crippen LogP contribution in [-0.2, 0) is 11.3 Å². The van der Waals surface area contributed by atoms with Crippen molar-refractivity contribution in [3.05, 3.63) is 34.9 Å². The average molecular weight is 324 g/mol. The van der Waals surface area contributed by atoms with E-state index in [1.807, 2.05) is 25.1 Å². The van der Waals surface area contributed by atoms with Crippen LogP contribution in [-0.4, -0.2) is 36.5 Å². The zero-order valence-corrected chi connectivity index (χ0v) is 14.0. The van der Waals surface area contributed by atoms with E-state index in [2.05, 4.69) is 16.3 Å². The second-order valence-electron chi connectivity index (χ2n) is 6.30. The Kier molecular flexibility index (Phi) is 6.68. The summed E-state index contributed by atoms with van der Waals surface area (Å²) >= 11 is 6.21. The lowest BCUT2D eigenvalue weighted by Gasteiger charge is -2.32. The quantitative estimate of drug-likeness (QED) is 0.845. The van der Waals surface area contributed by atoms with Crippen LogP contribution in [0.2, 0.25) is 5.02 Å². The van der Waals surface area contributed by atoms with Gasteiger partial charge in [-0.1, -0.05) is 29.8 Å². The molecule has 1 aliphatic heterocycles. The topological polar surface area (TPSA) is 58.4 Å². The van der Waals surface area contributed by atoms with Crippen molar-refractivity contribution in [3.63, 3.8) is 0 Å². The number of carbonyl (C=O) groups is 1. The molecule has 1 amide bonds. The van der Waals surface area contributed by atoms with Crippen LogP contribution in [0.1, 0.15) is 31.7 Å². The third kappa shape index (κ3) is 5.59. The third-order valence-corrected chi connectivity index (χ3v) is 4.52. The monoisotopic (exact) mass is 323 g/mol. The zero-order valence-electron chi connectivity index (χ0n) is 13.2. The summed E-state index contributed by atoms with van der Waals surface area (Å²) in [6.45, 7) is 5.64. The molecule has 1 atom stereocenters. The Bertz CT molecular complexity index is 485. The molecule has 22 heavy (non-hydrogen) atoms. The molecule has 1 heterocycles. The van der Waals surface area contributed by atoms with Crippen LogP contribution in [0.5, 0.6) is 0 Å². The molecule has 1 saturated heterocycles. The molecule has 1 fully saturated rings. The first kappa shape index (κ1) is 17.3. The highest BCUT2D eigenvalue weighted by Gasteiger charge is 2.20. The van der Waals surface area contributed by atoms with Gasteiger partial charge in [-0.3, -0.25) is 9.69 Å². The minimum Gasteiger partial charge on any atom is -0.356 e. The number of carbonyl (C=O) groups excluding carboxylic acids is 1. The molecule has 5 heteroatoms. The fourth-order valence-electron chi connectivity index (χ4n) is 2.84. The van der Waals surface area contributed by atoms with Crippen molar-refractivity contribution in [2.75, 3.05) is 19.6 Å². The van der Waals surface area contributed by atoms with E-state index >= 15 is 0 Å². The number of amides is 1. The molecule has 2 rings (SSSR count). The van der Waals surface area contributed by atoms with Crippen LogP contribution in [0.15, 0.2) is 24.3 Å². The van der Waals surface area contributed by atoms with E-state index in [9.17, 15) is 4.79 Å². The van der Waals surface area contributed by atoms with Crippen molar-refractivity contribution in [2.24, 2.45) is 11.7 Å². The molecular weight excluding hydrogens is 298 g/mol. The molecular formula is C17H26ClN3O. The van der Waals surface area contributed by atoms with E-state index in [1.165, 1.54) is 5.56 Å². The maximum atomic E-state index is 11.6. The second-order valence-corrected chi connectivity index (χ2v) is 6.70. The number of rotatable bonds is 6. The van der Waals surface area contributed by atoms with Crippen LogP contribution < -0.4 is 11.1 Å². The van der Waals surface area contributed by atoms with Crippen molar-refractivity contribution in [2.45, 2.75) is 38.8 Å². The van der Waals surface area contributed by atoms with Crippen molar-refractivity contribution < 1.29 is 4.79 Å². The van der Waals surface area contributed by atoms with Crippen molar-refractivity contribution in [1.82, 2.24) is 10.2 Å². The number of nitrogens with zero attached hydrogens (tertiary/aromatic N) is 1. The Morgan fingerprint density at radius 2 is 2.09 bits per heavy atom. The van der Waals surface area contributed by atoms with Gasteiger partial charge in [-0.15, -0.1) is 0 Å². The number of hydrogen-bond acceptors (Lipinski definition) is 3. The van der Waals surface area contributed by atoms with E-state index < -0.39 is 0 Å². The standard InChI is InChI=1S/C17H26ClN3O/c1-13(19)10-17(22)20-11-14-6-8-21(9-7-14)12-15-4-2-3-5-16(15)18/h2-5,13-14H,6-12,19H2,1H3,(H,20,22). The van der Waals surface area contributed by atoms with Crippen molar-refractivity contribution in [3.8, 4) is 0 Å². The van der Waals surface area contributed by atoms with Gasteiger partial charge in [0.2, 0.25) is 5.91 Å². The van der Waals surface area contributed by atoms with E-state index in [0.29, 0.717) is 12.3 Å². The minimum atomic E-state index is -0.0718.